The molecule has 0 saturated carbocycles. The van der Waals surface area contributed by atoms with Crippen LogP contribution < -0.4 is 5.73 Å². The molecule has 0 aliphatic rings. The quantitative estimate of drug-likeness (QED) is 0.943. The molecular weight excluding hydrogens is 286 g/mol. The highest BCUT2D eigenvalue weighted by atomic mass is 79.9. The highest BCUT2D eigenvalue weighted by Gasteiger charge is 2.06. The molecule has 0 fully saturated rings. The zero-order chi connectivity index (χ0) is 11.5. The third-order valence-corrected chi connectivity index (χ3v) is 4.12. The topological polar surface area (TPSA) is 43.8 Å². The largest absolute Gasteiger partial charge is 0.333 e. The Kier molecular flexibility index (Phi) is 3.78. The lowest BCUT2D eigenvalue weighted by Crippen LogP contribution is -2.12. The van der Waals surface area contributed by atoms with E-state index in [1.54, 1.807) is 11.3 Å². The first-order valence-corrected chi connectivity index (χ1v) is 6.77. The van der Waals surface area contributed by atoms with Gasteiger partial charge in [-0.2, -0.15) is 0 Å². The smallest absolute Gasteiger partial charge is 0.0948 e. The molecule has 0 radical (unpaired) electrons. The van der Waals surface area contributed by atoms with E-state index >= 15 is 0 Å². The van der Waals surface area contributed by atoms with Gasteiger partial charge in [0, 0.05) is 23.7 Å². The van der Waals surface area contributed by atoms with Gasteiger partial charge in [0.25, 0.3) is 0 Å². The Bertz CT molecular complexity index is 461. The van der Waals surface area contributed by atoms with Gasteiger partial charge in [0.15, 0.2) is 0 Å². The Hall–Kier alpha value is -0.650. The summed E-state index contributed by atoms with van der Waals surface area (Å²) in [6, 6.07) is 4.27. The van der Waals surface area contributed by atoms with Crippen LogP contribution in [0.15, 0.2) is 28.4 Å². The standard InChI is InChI=1S/C11H14BrN3S/c1-8(13)10-6-14-7-15(10)5-4-9-2-3-11(12)16-9/h2-3,6-8H,4-5,13H2,1H3/t8-/m1/s1. The number of imidazole rings is 1. The minimum absolute atomic E-state index is 0.0394. The Morgan fingerprint density at radius 2 is 2.38 bits per heavy atom. The lowest BCUT2D eigenvalue weighted by molar-refractivity contribution is 0.627. The number of hydrogen-bond acceptors (Lipinski definition) is 3. The van der Waals surface area contributed by atoms with Crippen LogP contribution in [0.25, 0.3) is 0 Å². The Morgan fingerprint density at radius 3 is 3.00 bits per heavy atom. The molecule has 0 bridgehead atoms. The molecule has 2 aromatic heterocycles. The van der Waals surface area contributed by atoms with Crippen molar-refractivity contribution in [2.45, 2.75) is 25.9 Å². The Morgan fingerprint density at radius 1 is 1.56 bits per heavy atom. The monoisotopic (exact) mass is 299 g/mol. The normalized spacial score (nSPS) is 12.9. The van der Waals surface area contributed by atoms with Gasteiger partial charge in [-0.05, 0) is 41.4 Å². The summed E-state index contributed by atoms with van der Waals surface area (Å²) in [5.74, 6) is 0. The van der Waals surface area contributed by atoms with Crippen molar-refractivity contribution in [3.05, 3.63) is 39.0 Å². The van der Waals surface area contributed by atoms with E-state index in [2.05, 4.69) is 37.6 Å². The number of nitrogens with two attached hydrogens (primary N) is 1. The van der Waals surface area contributed by atoms with Crippen LogP contribution >= 0.6 is 27.3 Å². The number of thiophene rings is 1. The summed E-state index contributed by atoms with van der Waals surface area (Å²) >= 11 is 5.24. The summed E-state index contributed by atoms with van der Waals surface area (Å²) in [5, 5.41) is 0. The van der Waals surface area contributed by atoms with E-state index in [0.29, 0.717) is 0 Å². The maximum Gasteiger partial charge on any atom is 0.0948 e. The van der Waals surface area contributed by atoms with Crippen molar-refractivity contribution >= 4 is 27.3 Å². The molecule has 2 rings (SSSR count). The van der Waals surface area contributed by atoms with Crippen LogP contribution in [0.3, 0.4) is 0 Å². The summed E-state index contributed by atoms with van der Waals surface area (Å²) in [6.45, 7) is 2.92. The lowest BCUT2D eigenvalue weighted by Gasteiger charge is -2.09. The highest BCUT2D eigenvalue weighted by Crippen LogP contribution is 2.23. The van der Waals surface area contributed by atoms with Crippen LogP contribution in [0.2, 0.25) is 0 Å². The molecule has 16 heavy (non-hydrogen) atoms. The molecule has 0 unspecified atom stereocenters. The first kappa shape index (κ1) is 11.8. The number of rotatable bonds is 4. The molecule has 2 heterocycles. The second-order valence-corrected chi connectivity index (χ2v) is 6.30. The second kappa shape index (κ2) is 5.12. The third-order valence-electron chi connectivity index (χ3n) is 2.44. The van der Waals surface area contributed by atoms with Crippen LogP contribution in [-0.2, 0) is 13.0 Å². The number of aryl methyl sites for hydroxylation is 2. The summed E-state index contributed by atoms with van der Waals surface area (Å²) in [4.78, 5) is 5.51. The molecule has 0 aromatic carbocycles. The molecule has 0 aliphatic heterocycles. The van der Waals surface area contributed by atoms with E-state index in [0.717, 1.165) is 18.7 Å². The van der Waals surface area contributed by atoms with Gasteiger partial charge >= 0.3 is 0 Å². The van der Waals surface area contributed by atoms with Gasteiger partial charge in [0.2, 0.25) is 0 Å². The molecule has 3 nitrogen and oxygen atoms in total. The van der Waals surface area contributed by atoms with Crippen LogP contribution in [0.5, 0.6) is 0 Å². The average Bonchev–Trinajstić information content (AvgIpc) is 2.83. The molecule has 5 heteroatoms. The van der Waals surface area contributed by atoms with Crippen molar-refractivity contribution in [2.24, 2.45) is 5.73 Å². The second-order valence-electron chi connectivity index (χ2n) is 3.76. The van der Waals surface area contributed by atoms with Crippen LogP contribution in [0.1, 0.15) is 23.5 Å². The number of aromatic nitrogens is 2. The zero-order valence-electron chi connectivity index (χ0n) is 9.06. The molecule has 2 N–H and O–H groups in total. The predicted molar refractivity (Wildman–Crippen MR) is 70.6 cm³/mol. The molecule has 1 atom stereocenters. The fraction of sp³-hybridized carbons (Fsp3) is 0.364. The van der Waals surface area contributed by atoms with Crippen molar-refractivity contribution in [2.75, 3.05) is 0 Å². The minimum atomic E-state index is 0.0394. The first-order valence-electron chi connectivity index (χ1n) is 5.16. The van der Waals surface area contributed by atoms with Gasteiger partial charge in [-0.15, -0.1) is 11.3 Å². The fourth-order valence-corrected chi connectivity index (χ4v) is 3.09. The van der Waals surface area contributed by atoms with E-state index in [1.165, 1.54) is 8.66 Å². The van der Waals surface area contributed by atoms with E-state index in [4.69, 9.17) is 5.73 Å². The van der Waals surface area contributed by atoms with E-state index in [1.807, 2.05) is 19.4 Å². The molecule has 0 amide bonds. The molecule has 0 spiro atoms. The predicted octanol–water partition coefficient (Wildman–Crippen LogP) is 2.97. The van der Waals surface area contributed by atoms with Crippen LogP contribution in [-0.4, -0.2) is 9.55 Å². The van der Waals surface area contributed by atoms with Gasteiger partial charge in [-0.3, -0.25) is 0 Å². The Labute approximate surface area is 107 Å². The summed E-state index contributed by atoms with van der Waals surface area (Å²) < 4.78 is 3.30. The van der Waals surface area contributed by atoms with Crippen molar-refractivity contribution < 1.29 is 0 Å². The highest BCUT2D eigenvalue weighted by molar-refractivity contribution is 9.11. The van der Waals surface area contributed by atoms with Crippen LogP contribution in [0, 0.1) is 0 Å². The van der Waals surface area contributed by atoms with Crippen molar-refractivity contribution in [1.82, 2.24) is 9.55 Å². The minimum Gasteiger partial charge on any atom is -0.333 e. The van der Waals surface area contributed by atoms with E-state index in [9.17, 15) is 0 Å². The van der Waals surface area contributed by atoms with E-state index in [-0.39, 0.29) is 6.04 Å². The van der Waals surface area contributed by atoms with Crippen molar-refractivity contribution in [1.29, 1.82) is 0 Å². The molecule has 2 aromatic rings. The lowest BCUT2D eigenvalue weighted by atomic mass is 10.2. The number of nitrogens with zero attached hydrogens (tertiary/aromatic N) is 2. The van der Waals surface area contributed by atoms with Gasteiger partial charge < -0.3 is 10.3 Å². The molecule has 0 saturated heterocycles. The third kappa shape index (κ3) is 2.72. The fourth-order valence-electron chi connectivity index (χ4n) is 1.61. The summed E-state index contributed by atoms with van der Waals surface area (Å²) in [7, 11) is 0. The molecular formula is C11H14BrN3S. The van der Waals surface area contributed by atoms with Crippen molar-refractivity contribution in [3.8, 4) is 0 Å². The van der Waals surface area contributed by atoms with Gasteiger partial charge in [0.1, 0.15) is 0 Å². The maximum atomic E-state index is 5.87. The molecule has 0 aliphatic carbocycles. The summed E-state index contributed by atoms with van der Waals surface area (Å²) in [6.07, 6.45) is 4.71. The van der Waals surface area contributed by atoms with Gasteiger partial charge in [0.05, 0.1) is 15.8 Å². The Balaban J connectivity index is 2.02. The number of halogens is 1. The van der Waals surface area contributed by atoms with E-state index < -0.39 is 0 Å². The summed E-state index contributed by atoms with van der Waals surface area (Å²) in [5.41, 5.74) is 6.96. The SMILES string of the molecule is C[C@@H](N)c1cncn1CCc1ccc(Br)s1. The first-order chi connectivity index (χ1) is 7.66. The molecule has 86 valence electrons. The van der Waals surface area contributed by atoms with Crippen LogP contribution in [0.4, 0.5) is 0 Å². The maximum absolute atomic E-state index is 5.87. The van der Waals surface area contributed by atoms with Crippen molar-refractivity contribution in [3.63, 3.8) is 0 Å². The zero-order valence-corrected chi connectivity index (χ0v) is 11.5. The van der Waals surface area contributed by atoms with Gasteiger partial charge in [-0.25, -0.2) is 4.98 Å². The van der Waals surface area contributed by atoms with Gasteiger partial charge in [-0.1, -0.05) is 0 Å². The average molecular weight is 300 g/mol. The number of hydrogen-bond donors (Lipinski definition) is 1.